The number of nitrogens with one attached hydrogen (secondary N) is 2. The van der Waals surface area contributed by atoms with Crippen LogP contribution in [-0.4, -0.2) is 21.6 Å². The zero-order valence-corrected chi connectivity index (χ0v) is 16.4. The Hall–Kier alpha value is -4.19. The van der Waals surface area contributed by atoms with Gasteiger partial charge in [-0.05, 0) is 31.2 Å². The number of rotatable bonds is 4. The summed E-state index contributed by atoms with van der Waals surface area (Å²) in [5, 5.41) is 4.61. The monoisotopic (exact) mass is 396 g/mol. The smallest absolute Gasteiger partial charge is 0.267 e. The van der Waals surface area contributed by atoms with Crippen molar-refractivity contribution in [1.82, 2.24) is 20.6 Å². The van der Waals surface area contributed by atoms with E-state index >= 15 is 0 Å². The molecule has 6 heteroatoms. The molecule has 4 rings (SSSR count). The highest BCUT2D eigenvalue weighted by Crippen LogP contribution is 2.23. The van der Waals surface area contributed by atoms with Crippen LogP contribution in [0.3, 0.4) is 0 Å². The number of nitrogens with zero attached hydrogens (tertiary/aromatic N) is 2. The number of hydrogen-bond donors (Lipinski definition) is 2. The molecule has 0 saturated carbocycles. The standard InChI is InChI=1S/C24H20N4O2/c1-17-12-14-19(15-13-17)23(29)25-26-24(30)21-16-28(20-10-6-3-7-11-20)27-22(21)18-8-4-2-5-9-18/h2-16H,1H3,(H,25,29)(H,26,30). The van der Waals surface area contributed by atoms with E-state index in [0.717, 1.165) is 16.8 Å². The molecule has 0 aliphatic rings. The minimum Gasteiger partial charge on any atom is -0.267 e. The predicted octanol–water partition coefficient (Wildman–Crippen LogP) is 3.92. The molecule has 0 bridgehead atoms. The topological polar surface area (TPSA) is 76.0 Å². The van der Waals surface area contributed by atoms with E-state index in [4.69, 9.17) is 0 Å². The van der Waals surface area contributed by atoms with Crippen molar-refractivity contribution in [1.29, 1.82) is 0 Å². The van der Waals surface area contributed by atoms with E-state index in [0.29, 0.717) is 16.8 Å². The lowest BCUT2D eigenvalue weighted by molar-refractivity contribution is 0.0847. The minimum atomic E-state index is -0.448. The molecule has 1 heterocycles. The molecule has 0 saturated heterocycles. The first-order chi connectivity index (χ1) is 14.6. The molecule has 148 valence electrons. The Morgan fingerprint density at radius 2 is 1.37 bits per heavy atom. The van der Waals surface area contributed by atoms with E-state index < -0.39 is 5.91 Å². The van der Waals surface area contributed by atoms with Crippen LogP contribution in [0.4, 0.5) is 0 Å². The molecule has 0 aliphatic carbocycles. The van der Waals surface area contributed by atoms with Gasteiger partial charge in [-0.1, -0.05) is 66.2 Å². The van der Waals surface area contributed by atoms with Crippen molar-refractivity contribution in [2.24, 2.45) is 0 Å². The number of carbonyl (C=O) groups is 2. The van der Waals surface area contributed by atoms with E-state index in [1.54, 1.807) is 23.0 Å². The summed E-state index contributed by atoms with van der Waals surface area (Å²) in [5.74, 6) is -0.837. The van der Waals surface area contributed by atoms with Crippen LogP contribution in [0.5, 0.6) is 0 Å². The summed E-state index contributed by atoms with van der Waals surface area (Å²) in [6, 6.07) is 26.1. The molecule has 0 fully saturated rings. The first-order valence-electron chi connectivity index (χ1n) is 9.50. The molecule has 30 heavy (non-hydrogen) atoms. The highest BCUT2D eigenvalue weighted by atomic mass is 16.2. The number of aryl methyl sites for hydroxylation is 1. The quantitative estimate of drug-likeness (QED) is 0.513. The Balaban J connectivity index is 1.60. The summed E-state index contributed by atoms with van der Waals surface area (Å²) in [5.41, 5.74) is 9.00. The van der Waals surface area contributed by atoms with Gasteiger partial charge in [0.05, 0.1) is 11.3 Å². The normalized spacial score (nSPS) is 10.4. The first kappa shape index (κ1) is 19.1. The lowest BCUT2D eigenvalue weighted by Crippen LogP contribution is -2.41. The maximum atomic E-state index is 12.9. The lowest BCUT2D eigenvalue weighted by atomic mass is 10.1. The van der Waals surface area contributed by atoms with Gasteiger partial charge < -0.3 is 0 Å². The summed E-state index contributed by atoms with van der Waals surface area (Å²) >= 11 is 0. The second-order valence-corrected chi connectivity index (χ2v) is 6.81. The Morgan fingerprint density at radius 3 is 2.03 bits per heavy atom. The molecule has 0 radical (unpaired) electrons. The van der Waals surface area contributed by atoms with Crippen molar-refractivity contribution < 1.29 is 9.59 Å². The van der Waals surface area contributed by atoms with Gasteiger partial charge in [0, 0.05) is 17.3 Å². The Morgan fingerprint density at radius 1 is 0.767 bits per heavy atom. The van der Waals surface area contributed by atoms with Crippen LogP contribution in [-0.2, 0) is 0 Å². The number of aromatic nitrogens is 2. The van der Waals surface area contributed by atoms with Gasteiger partial charge in [-0.15, -0.1) is 0 Å². The molecular formula is C24H20N4O2. The summed E-state index contributed by atoms with van der Waals surface area (Å²) < 4.78 is 1.65. The number of benzene rings is 3. The number of amides is 2. The second kappa shape index (κ2) is 8.45. The lowest BCUT2D eigenvalue weighted by Gasteiger charge is -2.08. The molecule has 0 atom stereocenters. The summed E-state index contributed by atoms with van der Waals surface area (Å²) in [6.45, 7) is 1.94. The molecule has 2 N–H and O–H groups in total. The number of carbonyl (C=O) groups excluding carboxylic acids is 2. The fourth-order valence-corrected chi connectivity index (χ4v) is 3.02. The van der Waals surface area contributed by atoms with Crippen molar-refractivity contribution in [2.75, 3.05) is 0 Å². The zero-order chi connectivity index (χ0) is 20.9. The predicted molar refractivity (Wildman–Crippen MR) is 115 cm³/mol. The van der Waals surface area contributed by atoms with E-state index in [2.05, 4.69) is 16.0 Å². The molecule has 1 aromatic heterocycles. The largest absolute Gasteiger partial charge is 0.273 e. The molecule has 4 aromatic rings. The van der Waals surface area contributed by atoms with Crippen LogP contribution in [0, 0.1) is 6.92 Å². The fraction of sp³-hybridized carbons (Fsp3) is 0.0417. The third-order valence-corrected chi connectivity index (χ3v) is 4.63. The fourth-order valence-electron chi connectivity index (χ4n) is 3.02. The van der Waals surface area contributed by atoms with E-state index in [-0.39, 0.29) is 5.91 Å². The average Bonchev–Trinajstić information content (AvgIpc) is 3.25. The molecule has 0 aliphatic heterocycles. The van der Waals surface area contributed by atoms with Crippen molar-refractivity contribution in [3.8, 4) is 16.9 Å². The third kappa shape index (κ3) is 4.12. The Kier molecular flexibility index (Phi) is 5.39. The summed E-state index contributed by atoms with van der Waals surface area (Å²) in [4.78, 5) is 25.2. The van der Waals surface area contributed by atoms with Gasteiger partial charge in [0.25, 0.3) is 11.8 Å². The summed E-state index contributed by atoms with van der Waals surface area (Å²) in [7, 11) is 0. The van der Waals surface area contributed by atoms with E-state index in [1.807, 2.05) is 79.7 Å². The van der Waals surface area contributed by atoms with Gasteiger partial charge in [-0.2, -0.15) is 5.10 Å². The van der Waals surface area contributed by atoms with Crippen LogP contribution in [0.2, 0.25) is 0 Å². The third-order valence-electron chi connectivity index (χ3n) is 4.63. The maximum absolute atomic E-state index is 12.9. The van der Waals surface area contributed by atoms with Gasteiger partial charge in [0.15, 0.2) is 0 Å². The maximum Gasteiger partial charge on any atom is 0.273 e. The average molecular weight is 396 g/mol. The number of hydrogen-bond acceptors (Lipinski definition) is 3. The van der Waals surface area contributed by atoms with Crippen LogP contribution < -0.4 is 10.9 Å². The van der Waals surface area contributed by atoms with Crippen molar-refractivity contribution >= 4 is 11.8 Å². The van der Waals surface area contributed by atoms with Crippen molar-refractivity contribution in [3.05, 3.63) is 108 Å². The molecule has 3 aromatic carbocycles. The highest BCUT2D eigenvalue weighted by Gasteiger charge is 2.19. The van der Waals surface area contributed by atoms with Crippen LogP contribution >= 0.6 is 0 Å². The van der Waals surface area contributed by atoms with Gasteiger partial charge in [-0.3, -0.25) is 20.4 Å². The van der Waals surface area contributed by atoms with Crippen molar-refractivity contribution in [2.45, 2.75) is 6.92 Å². The first-order valence-corrected chi connectivity index (χ1v) is 9.50. The summed E-state index contributed by atoms with van der Waals surface area (Å²) in [6.07, 6.45) is 1.66. The second-order valence-electron chi connectivity index (χ2n) is 6.81. The zero-order valence-electron chi connectivity index (χ0n) is 16.4. The SMILES string of the molecule is Cc1ccc(C(=O)NNC(=O)c2cn(-c3ccccc3)nc2-c2ccccc2)cc1. The van der Waals surface area contributed by atoms with E-state index in [1.165, 1.54) is 0 Å². The van der Waals surface area contributed by atoms with Gasteiger partial charge in [-0.25, -0.2) is 4.68 Å². The highest BCUT2D eigenvalue weighted by molar-refractivity contribution is 6.02. The number of hydrazine groups is 1. The number of para-hydroxylation sites is 1. The van der Waals surface area contributed by atoms with Gasteiger partial charge in [0.1, 0.15) is 5.69 Å². The molecule has 0 spiro atoms. The Bertz CT molecular complexity index is 1170. The van der Waals surface area contributed by atoms with Crippen LogP contribution in [0.15, 0.2) is 91.1 Å². The van der Waals surface area contributed by atoms with E-state index in [9.17, 15) is 9.59 Å². The molecular weight excluding hydrogens is 376 g/mol. The minimum absolute atomic E-state index is 0.356. The van der Waals surface area contributed by atoms with Gasteiger partial charge in [0.2, 0.25) is 0 Å². The Labute approximate surface area is 174 Å². The van der Waals surface area contributed by atoms with Gasteiger partial charge >= 0.3 is 0 Å². The molecule has 2 amide bonds. The van der Waals surface area contributed by atoms with Crippen LogP contribution in [0.25, 0.3) is 16.9 Å². The van der Waals surface area contributed by atoms with Crippen LogP contribution in [0.1, 0.15) is 26.3 Å². The van der Waals surface area contributed by atoms with Crippen molar-refractivity contribution in [3.63, 3.8) is 0 Å². The molecule has 6 nitrogen and oxygen atoms in total. The molecule has 0 unspecified atom stereocenters.